The standard InChI is InChI=1S/C15H23NO3/c1-16-10-12-8-13(17)6-7-15(12,18)11-4-3-5-14(9-11)19-2/h3-5,9,12-13,16-18H,6-8,10H2,1-2H3. The van der Waals surface area contributed by atoms with Crippen LogP contribution in [0.1, 0.15) is 24.8 Å². The first-order valence-corrected chi connectivity index (χ1v) is 6.79. The van der Waals surface area contributed by atoms with Gasteiger partial charge in [-0.2, -0.15) is 0 Å². The van der Waals surface area contributed by atoms with Gasteiger partial charge in [0, 0.05) is 12.5 Å². The largest absolute Gasteiger partial charge is 0.497 e. The van der Waals surface area contributed by atoms with Crippen LogP contribution in [0, 0.1) is 5.92 Å². The lowest BCUT2D eigenvalue weighted by atomic mass is 9.70. The third-order valence-corrected chi connectivity index (χ3v) is 4.11. The molecule has 4 heteroatoms. The fraction of sp³-hybridized carbons (Fsp3) is 0.600. The molecule has 2 rings (SSSR count). The lowest BCUT2D eigenvalue weighted by Gasteiger charge is -2.42. The Hall–Kier alpha value is -1.10. The average Bonchev–Trinajstić information content (AvgIpc) is 2.43. The fourth-order valence-electron chi connectivity index (χ4n) is 3.00. The summed E-state index contributed by atoms with van der Waals surface area (Å²) >= 11 is 0. The van der Waals surface area contributed by atoms with Crippen LogP contribution in [0.5, 0.6) is 5.75 Å². The molecular weight excluding hydrogens is 242 g/mol. The van der Waals surface area contributed by atoms with Crippen LogP contribution in [-0.2, 0) is 5.60 Å². The van der Waals surface area contributed by atoms with Crippen LogP contribution in [0.4, 0.5) is 0 Å². The SMILES string of the molecule is CNCC1CC(O)CCC1(O)c1cccc(OC)c1. The number of hydrogen-bond acceptors (Lipinski definition) is 4. The minimum absolute atomic E-state index is 0.00774. The maximum absolute atomic E-state index is 11.1. The van der Waals surface area contributed by atoms with E-state index in [0.717, 1.165) is 11.3 Å². The van der Waals surface area contributed by atoms with Gasteiger partial charge >= 0.3 is 0 Å². The first kappa shape index (κ1) is 14.3. The normalized spacial score (nSPS) is 31.2. The van der Waals surface area contributed by atoms with Crippen molar-refractivity contribution in [1.29, 1.82) is 0 Å². The van der Waals surface area contributed by atoms with Crippen molar-refractivity contribution in [2.24, 2.45) is 5.92 Å². The third kappa shape index (κ3) is 2.91. The third-order valence-electron chi connectivity index (χ3n) is 4.11. The summed E-state index contributed by atoms with van der Waals surface area (Å²) in [5.41, 5.74) is -0.0180. The van der Waals surface area contributed by atoms with Gasteiger partial charge < -0.3 is 20.3 Å². The van der Waals surface area contributed by atoms with Crippen molar-refractivity contribution in [2.45, 2.75) is 31.0 Å². The summed E-state index contributed by atoms with van der Waals surface area (Å²) in [6.07, 6.45) is 1.51. The summed E-state index contributed by atoms with van der Waals surface area (Å²) in [4.78, 5) is 0. The molecule has 0 heterocycles. The van der Waals surface area contributed by atoms with Gasteiger partial charge in [0.05, 0.1) is 18.8 Å². The van der Waals surface area contributed by atoms with Crippen molar-refractivity contribution >= 4 is 0 Å². The number of ether oxygens (including phenoxy) is 1. The van der Waals surface area contributed by atoms with Crippen LogP contribution < -0.4 is 10.1 Å². The number of rotatable bonds is 4. The molecule has 4 nitrogen and oxygen atoms in total. The predicted molar refractivity (Wildman–Crippen MR) is 74.2 cm³/mol. The summed E-state index contributed by atoms with van der Waals surface area (Å²) in [5, 5.41) is 24.0. The molecule has 0 saturated heterocycles. The zero-order chi connectivity index (χ0) is 13.9. The van der Waals surface area contributed by atoms with Crippen LogP contribution in [0.15, 0.2) is 24.3 Å². The molecule has 3 atom stereocenters. The van der Waals surface area contributed by atoms with Gasteiger partial charge in [-0.3, -0.25) is 0 Å². The quantitative estimate of drug-likeness (QED) is 0.767. The molecule has 0 aliphatic heterocycles. The van der Waals surface area contributed by atoms with E-state index >= 15 is 0 Å². The zero-order valence-electron chi connectivity index (χ0n) is 11.6. The van der Waals surface area contributed by atoms with E-state index in [1.807, 2.05) is 31.3 Å². The number of aliphatic hydroxyl groups excluding tert-OH is 1. The highest BCUT2D eigenvalue weighted by Gasteiger charge is 2.42. The first-order chi connectivity index (χ1) is 9.10. The van der Waals surface area contributed by atoms with E-state index in [-0.39, 0.29) is 12.0 Å². The molecule has 0 bridgehead atoms. The van der Waals surface area contributed by atoms with Gasteiger partial charge in [0.15, 0.2) is 0 Å². The molecule has 0 radical (unpaired) electrons. The van der Waals surface area contributed by atoms with E-state index in [1.54, 1.807) is 7.11 Å². The van der Waals surface area contributed by atoms with Gasteiger partial charge in [-0.05, 0) is 44.0 Å². The van der Waals surface area contributed by atoms with E-state index in [4.69, 9.17) is 4.74 Å². The number of nitrogens with one attached hydrogen (secondary N) is 1. The molecule has 106 valence electrons. The topological polar surface area (TPSA) is 61.7 Å². The van der Waals surface area contributed by atoms with Crippen molar-refractivity contribution in [3.05, 3.63) is 29.8 Å². The Morgan fingerprint density at radius 1 is 1.47 bits per heavy atom. The summed E-state index contributed by atoms with van der Waals surface area (Å²) in [5.74, 6) is 0.758. The summed E-state index contributed by atoms with van der Waals surface area (Å²) in [6.45, 7) is 0.685. The molecular formula is C15H23NO3. The van der Waals surface area contributed by atoms with E-state index < -0.39 is 5.60 Å². The van der Waals surface area contributed by atoms with Crippen molar-refractivity contribution < 1.29 is 14.9 Å². The first-order valence-electron chi connectivity index (χ1n) is 6.79. The summed E-state index contributed by atoms with van der Waals surface area (Å²) in [6, 6.07) is 7.59. The van der Waals surface area contributed by atoms with E-state index in [9.17, 15) is 10.2 Å². The fourth-order valence-corrected chi connectivity index (χ4v) is 3.00. The molecule has 1 aliphatic rings. The number of benzene rings is 1. The highest BCUT2D eigenvalue weighted by molar-refractivity contribution is 5.33. The second kappa shape index (κ2) is 5.90. The Morgan fingerprint density at radius 2 is 2.26 bits per heavy atom. The second-order valence-electron chi connectivity index (χ2n) is 5.34. The molecule has 1 aromatic rings. The van der Waals surface area contributed by atoms with E-state index in [1.165, 1.54) is 0 Å². The number of aliphatic hydroxyl groups is 2. The molecule has 0 amide bonds. The summed E-state index contributed by atoms with van der Waals surface area (Å²) in [7, 11) is 3.49. The zero-order valence-corrected chi connectivity index (χ0v) is 11.6. The van der Waals surface area contributed by atoms with Gasteiger partial charge in [0.1, 0.15) is 5.75 Å². The lowest BCUT2D eigenvalue weighted by Crippen LogP contribution is -2.46. The van der Waals surface area contributed by atoms with E-state index in [2.05, 4.69) is 5.32 Å². The summed E-state index contributed by atoms with van der Waals surface area (Å²) < 4.78 is 5.23. The van der Waals surface area contributed by atoms with Crippen molar-refractivity contribution in [1.82, 2.24) is 5.32 Å². The minimum atomic E-state index is -0.892. The maximum Gasteiger partial charge on any atom is 0.119 e. The molecule has 1 fully saturated rings. The van der Waals surface area contributed by atoms with Gasteiger partial charge in [0.25, 0.3) is 0 Å². The molecule has 0 spiro atoms. The van der Waals surface area contributed by atoms with Crippen molar-refractivity contribution in [2.75, 3.05) is 20.7 Å². The van der Waals surface area contributed by atoms with Crippen LogP contribution in [0.2, 0.25) is 0 Å². The minimum Gasteiger partial charge on any atom is -0.497 e. The predicted octanol–water partition coefficient (Wildman–Crippen LogP) is 1.26. The lowest BCUT2D eigenvalue weighted by molar-refractivity contribution is -0.0847. The van der Waals surface area contributed by atoms with E-state index in [0.29, 0.717) is 25.8 Å². The molecule has 1 aromatic carbocycles. The van der Waals surface area contributed by atoms with Gasteiger partial charge in [-0.15, -0.1) is 0 Å². The number of hydrogen-bond donors (Lipinski definition) is 3. The van der Waals surface area contributed by atoms with Crippen LogP contribution in [-0.4, -0.2) is 37.0 Å². The number of methoxy groups -OCH3 is 1. The second-order valence-corrected chi connectivity index (χ2v) is 5.34. The average molecular weight is 265 g/mol. The highest BCUT2D eigenvalue weighted by atomic mass is 16.5. The Labute approximate surface area is 114 Å². The Balaban J connectivity index is 2.31. The Morgan fingerprint density at radius 3 is 2.95 bits per heavy atom. The van der Waals surface area contributed by atoms with Crippen molar-refractivity contribution in [3.63, 3.8) is 0 Å². The highest BCUT2D eigenvalue weighted by Crippen LogP contribution is 2.42. The monoisotopic (exact) mass is 265 g/mol. The maximum atomic E-state index is 11.1. The molecule has 3 N–H and O–H groups in total. The van der Waals surface area contributed by atoms with Gasteiger partial charge in [0.2, 0.25) is 0 Å². The van der Waals surface area contributed by atoms with Crippen LogP contribution >= 0.6 is 0 Å². The Bertz CT molecular complexity index is 424. The van der Waals surface area contributed by atoms with Gasteiger partial charge in [-0.25, -0.2) is 0 Å². The molecule has 19 heavy (non-hydrogen) atoms. The van der Waals surface area contributed by atoms with Gasteiger partial charge in [-0.1, -0.05) is 12.1 Å². The molecule has 1 aliphatic carbocycles. The molecule has 1 saturated carbocycles. The smallest absolute Gasteiger partial charge is 0.119 e. The van der Waals surface area contributed by atoms with Crippen LogP contribution in [0.3, 0.4) is 0 Å². The molecule has 0 aromatic heterocycles. The van der Waals surface area contributed by atoms with Crippen molar-refractivity contribution in [3.8, 4) is 5.75 Å². The van der Waals surface area contributed by atoms with Crippen LogP contribution in [0.25, 0.3) is 0 Å². The Kier molecular flexibility index (Phi) is 4.45. The molecule has 3 unspecified atom stereocenters.